The Bertz CT molecular complexity index is 1230. The first-order chi connectivity index (χ1) is 20.0. The number of likely N-dealkylation sites (N-methyl/N-ethyl adjacent to an activating group) is 1. The lowest BCUT2D eigenvalue weighted by molar-refractivity contribution is -0.193. The van der Waals surface area contributed by atoms with Gasteiger partial charge in [0.2, 0.25) is 0 Å². The summed E-state index contributed by atoms with van der Waals surface area (Å²) < 4.78 is 72.0. The van der Waals surface area contributed by atoms with Crippen molar-refractivity contribution in [1.82, 2.24) is 24.3 Å². The number of rotatable bonds is 4. The Hall–Kier alpha value is -4.22. The van der Waals surface area contributed by atoms with Crippen LogP contribution in [0.2, 0.25) is 0 Å². The molecule has 18 heteroatoms. The van der Waals surface area contributed by atoms with Crippen molar-refractivity contribution in [3.05, 3.63) is 48.3 Å². The standard InChI is InChI=1S/C21H27N5O3.2C2HF3O2/c1-3-24(4-2)19(28)17-15-26-14-11-23-20(26)21(29-17)8-12-25(13-9-21)18(27)16-7-5-6-10-22-16;2*3-2(4,5)1(6)7/h5-7,10-11,14,17H,3-4,8-9,12-13,15H2,1-2H3;2*(H,6,7). The number of ether oxygens (including phenoxy) is 1. The molecular weight excluding hydrogens is 596 g/mol. The van der Waals surface area contributed by atoms with Gasteiger partial charge in [-0.25, -0.2) is 14.6 Å². The number of aromatic nitrogens is 3. The molecule has 0 saturated carbocycles. The molecule has 1 atom stereocenters. The molecule has 0 radical (unpaired) electrons. The summed E-state index contributed by atoms with van der Waals surface area (Å²) in [6.07, 6.45) is -4.20. The van der Waals surface area contributed by atoms with E-state index in [4.69, 9.17) is 24.5 Å². The molecule has 12 nitrogen and oxygen atoms in total. The van der Waals surface area contributed by atoms with E-state index in [2.05, 4.69) is 9.97 Å². The van der Waals surface area contributed by atoms with Gasteiger partial charge >= 0.3 is 24.3 Å². The third kappa shape index (κ3) is 9.13. The summed E-state index contributed by atoms with van der Waals surface area (Å²) >= 11 is 0. The second-order valence-electron chi connectivity index (χ2n) is 9.13. The van der Waals surface area contributed by atoms with Crippen LogP contribution in [0.4, 0.5) is 26.3 Å². The highest BCUT2D eigenvalue weighted by Gasteiger charge is 2.48. The van der Waals surface area contributed by atoms with Crippen LogP contribution in [-0.2, 0) is 31.3 Å². The molecule has 238 valence electrons. The zero-order chi connectivity index (χ0) is 32.6. The van der Waals surface area contributed by atoms with E-state index in [1.807, 2.05) is 30.7 Å². The maximum atomic E-state index is 13.0. The number of amides is 2. The van der Waals surface area contributed by atoms with E-state index in [-0.39, 0.29) is 11.8 Å². The second kappa shape index (κ2) is 14.3. The van der Waals surface area contributed by atoms with Gasteiger partial charge in [-0.15, -0.1) is 0 Å². The first-order valence-electron chi connectivity index (χ1n) is 12.8. The fourth-order valence-electron chi connectivity index (χ4n) is 4.33. The van der Waals surface area contributed by atoms with Crippen molar-refractivity contribution in [2.75, 3.05) is 26.2 Å². The van der Waals surface area contributed by atoms with Crippen molar-refractivity contribution in [1.29, 1.82) is 0 Å². The largest absolute Gasteiger partial charge is 0.490 e. The molecule has 1 saturated heterocycles. The van der Waals surface area contributed by atoms with Crippen LogP contribution >= 0.6 is 0 Å². The number of carboxylic acids is 2. The Kier molecular flexibility index (Phi) is 11.6. The van der Waals surface area contributed by atoms with Crippen molar-refractivity contribution in [2.45, 2.75) is 57.3 Å². The molecule has 0 bridgehead atoms. The molecule has 1 unspecified atom stereocenters. The lowest BCUT2D eigenvalue weighted by Gasteiger charge is -2.46. The van der Waals surface area contributed by atoms with Crippen LogP contribution in [0.25, 0.3) is 0 Å². The Morgan fingerprint density at radius 2 is 1.49 bits per heavy atom. The summed E-state index contributed by atoms with van der Waals surface area (Å²) in [4.78, 5) is 55.8. The third-order valence-corrected chi connectivity index (χ3v) is 6.43. The van der Waals surface area contributed by atoms with Crippen LogP contribution in [0.1, 0.15) is 43.0 Å². The molecule has 43 heavy (non-hydrogen) atoms. The van der Waals surface area contributed by atoms with Crippen molar-refractivity contribution in [2.24, 2.45) is 0 Å². The fraction of sp³-hybridized carbons (Fsp3) is 0.520. The number of aliphatic carboxylic acids is 2. The number of hydrogen-bond donors (Lipinski definition) is 2. The molecular formula is C25H29F6N5O7. The molecule has 2 aliphatic rings. The van der Waals surface area contributed by atoms with Gasteiger partial charge in [-0.1, -0.05) is 6.07 Å². The second-order valence-corrected chi connectivity index (χ2v) is 9.13. The summed E-state index contributed by atoms with van der Waals surface area (Å²) in [7, 11) is 0. The van der Waals surface area contributed by atoms with E-state index >= 15 is 0 Å². The summed E-state index contributed by atoms with van der Waals surface area (Å²) in [5.41, 5.74) is -0.194. The van der Waals surface area contributed by atoms with Crippen LogP contribution < -0.4 is 0 Å². The van der Waals surface area contributed by atoms with Crippen molar-refractivity contribution in [3.63, 3.8) is 0 Å². The maximum absolute atomic E-state index is 13.0. The van der Waals surface area contributed by atoms with Gasteiger partial charge in [0, 0.05) is 57.6 Å². The zero-order valence-corrected chi connectivity index (χ0v) is 22.9. The Morgan fingerprint density at radius 1 is 0.953 bits per heavy atom. The van der Waals surface area contributed by atoms with Crippen LogP contribution in [0, 0.1) is 0 Å². The monoisotopic (exact) mass is 625 g/mol. The first-order valence-corrected chi connectivity index (χ1v) is 12.8. The third-order valence-electron chi connectivity index (χ3n) is 6.43. The lowest BCUT2D eigenvalue weighted by Crippen LogP contribution is -2.55. The highest BCUT2D eigenvalue weighted by atomic mass is 19.4. The molecule has 2 aliphatic heterocycles. The van der Waals surface area contributed by atoms with Gasteiger partial charge in [0.15, 0.2) is 6.10 Å². The molecule has 1 spiro atoms. The number of piperidine rings is 1. The summed E-state index contributed by atoms with van der Waals surface area (Å²) in [5.74, 6) is -4.72. The van der Waals surface area contributed by atoms with Crippen molar-refractivity contribution >= 4 is 23.8 Å². The number of halogens is 6. The van der Waals surface area contributed by atoms with Crippen molar-refractivity contribution < 1.29 is 60.5 Å². The normalized spacial score (nSPS) is 17.4. The van der Waals surface area contributed by atoms with Crippen molar-refractivity contribution in [3.8, 4) is 0 Å². The Balaban J connectivity index is 0.000000384. The van der Waals surface area contributed by atoms with Gasteiger partial charge in [-0.05, 0) is 26.0 Å². The lowest BCUT2D eigenvalue weighted by atomic mass is 9.88. The van der Waals surface area contributed by atoms with Crippen LogP contribution in [0.5, 0.6) is 0 Å². The number of nitrogens with zero attached hydrogens (tertiary/aromatic N) is 5. The zero-order valence-electron chi connectivity index (χ0n) is 22.9. The number of carbonyl (C=O) groups is 4. The molecule has 2 aromatic rings. The quantitative estimate of drug-likeness (QED) is 0.488. The average Bonchev–Trinajstić information content (AvgIpc) is 3.44. The highest BCUT2D eigenvalue weighted by Crippen LogP contribution is 2.40. The van der Waals surface area contributed by atoms with Gasteiger partial charge in [0.25, 0.3) is 11.8 Å². The number of alkyl halides is 6. The van der Waals surface area contributed by atoms with E-state index < -0.39 is 36.0 Å². The molecule has 1 fully saturated rings. The van der Waals surface area contributed by atoms with E-state index in [0.717, 1.165) is 5.82 Å². The number of carbonyl (C=O) groups excluding carboxylic acids is 2. The van der Waals surface area contributed by atoms with Crippen LogP contribution in [-0.4, -0.2) is 103 Å². The SMILES string of the molecule is CCN(CC)C(=O)C1Cn2ccnc2C2(CCN(C(=O)c3ccccn3)CC2)O1.O=C(O)C(F)(F)F.O=C(O)C(F)(F)F. The predicted octanol–water partition coefficient (Wildman–Crippen LogP) is 2.94. The molecule has 4 heterocycles. The molecule has 2 amide bonds. The van der Waals surface area contributed by atoms with Gasteiger partial charge < -0.3 is 29.3 Å². The average molecular weight is 626 g/mol. The minimum Gasteiger partial charge on any atom is -0.475 e. The Labute approximate surface area is 240 Å². The summed E-state index contributed by atoms with van der Waals surface area (Å²) in [6.45, 7) is 6.82. The Morgan fingerprint density at radius 3 is 1.93 bits per heavy atom. The van der Waals surface area contributed by atoms with Gasteiger partial charge in [0.1, 0.15) is 17.1 Å². The number of hydrogen-bond acceptors (Lipinski definition) is 7. The minimum absolute atomic E-state index is 0.0146. The van der Waals surface area contributed by atoms with E-state index in [1.165, 1.54) is 0 Å². The van der Waals surface area contributed by atoms with E-state index in [1.54, 1.807) is 34.3 Å². The summed E-state index contributed by atoms with van der Waals surface area (Å²) in [6, 6.07) is 5.34. The van der Waals surface area contributed by atoms with Gasteiger partial charge in [-0.3, -0.25) is 14.6 Å². The fourth-order valence-corrected chi connectivity index (χ4v) is 4.33. The molecule has 0 aliphatic carbocycles. The van der Waals surface area contributed by atoms with Crippen LogP contribution in [0.3, 0.4) is 0 Å². The molecule has 2 aromatic heterocycles. The predicted molar refractivity (Wildman–Crippen MR) is 133 cm³/mol. The summed E-state index contributed by atoms with van der Waals surface area (Å²) in [5, 5.41) is 14.2. The van der Waals surface area contributed by atoms with E-state index in [0.29, 0.717) is 51.3 Å². The smallest absolute Gasteiger partial charge is 0.475 e. The van der Waals surface area contributed by atoms with E-state index in [9.17, 15) is 35.9 Å². The van der Waals surface area contributed by atoms with Gasteiger partial charge in [0.05, 0.1) is 6.54 Å². The topological polar surface area (TPSA) is 155 Å². The first kappa shape index (κ1) is 35.0. The molecule has 2 N–H and O–H groups in total. The number of fused-ring (bicyclic) bond motifs is 2. The molecule has 0 aromatic carbocycles. The van der Waals surface area contributed by atoms with Crippen LogP contribution in [0.15, 0.2) is 36.8 Å². The highest BCUT2D eigenvalue weighted by molar-refractivity contribution is 5.92. The number of carboxylic acid groups (broad SMARTS) is 2. The minimum atomic E-state index is -5.08. The van der Waals surface area contributed by atoms with Gasteiger partial charge in [-0.2, -0.15) is 26.3 Å². The number of likely N-dealkylation sites (tertiary alicyclic amines) is 1. The number of pyridine rings is 1. The number of imidazole rings is 1. The molecule has 4 rings (SSSR count). The maximum Gasteiger partial charge on any atom is 0.490 e.